The van der Waals surface area contributed by atoms with Crippen LogP contribution >= 0.6 is 11.8 Å². The average molecular weight is 325 g/mol. The Morgan fingerprint density at radius 2 is 1.83 bits per heavy atom. The maximum Gasteiger partial charge on any atom is 0.159 e. The smallest absolute Gasteiger partial charge is 0.159 e. The van der Waals surface area contributed by atoms with Crippen molar-refractivity contribution in [2.45, 2.75) is 35.5 Å². The van der Waals surface area contributed by atoms with Crippen LogP contribution in [0.5, 0.6) is 0 Å². The molecule has 1 aliphatic rings. The number of hydrogen-bond acceptors (Lipinski definition) is 3. The van der Waals surface area contributed by atoms with E-state index in [0.717, 1.165) is 24.9 Å². The van der Waals surface area contributed by atoms with Crippen LogP contribution in [0.2, 0.25) is 0 Å². The molecule has 0 radical (unpaired) electrons. The van der Waals surface area contributed by atoms with Crippen LogP contribution in [0.15, 0.2) is 52.3 Å². The second-order valence-corrected chi connectivity index (χ2v) is 7.53. The van der Waals surface area contributed by atoms with Crippen molar-refractivity contribution in [2.75, 3.05) is 20.6 Å². The van der Waals surface area contributed by atoms with Gasteiger partial charge in [-0.15, -0.1) is 0 Å². The van der Waals surface area contributed by atoms with Crippen molar-refractivity contribution in [3.8, 4) is 0 Å². The van der Waals surface area contributed by atoms with Crippen LogP contribution in [0.3, 0.4) is 0 Å². The van der Waals surface area contributed by atoms with Crippen LogP contribution in [-0.2, 0) is 0 Å². The van der Waals surface area contributed by atoms with Gasteiger partial charge in [0.25, 0.3) is 0 Å². The topological polar surface area (TPSA) is 20.3 Å². The number of fused-ring (bicyclic) bond motifs is 2. The van der Waals surface area contributed by atoms with Crippen molar-refractivity contribution < 1.29 is 4.79 Å². The van der Waals surface area contributed by atoms with Crippen molar-refractivity contribution in [1.29, 1.82) is 0 Å². The van der Waals surface area contributed by atoms with Gasteiger partial charge in [0, 0.05) is 21.3 Å². The molecule has 2 aromatic carbocycles. The number of ketones is 1. The molecule has 2 aromatic rings. The molecule has 1 heterocycles. The summed E-state index contributed by atoms with van der Waals surface area (Å²) in [6.07, 6.45) is 2.27. The van der Waals surface area contributed by atoms with E-state index in [-0.39, 0.29) is 5.78 Å². The first kappa shape index (κ1) is 16.3. The molecule has 1 aliphatic heterocycles. The third-order valence-electron chi connectivity index (χ3n) is 4.40. The Morgan fingerprint density at radius 1 is 1.09 bits per heavy atom. The lowest BCUT2D eigenvalue weighted by Gasteiger charge is -2.28. The molecule has 1 unspecified atom stereocenters. The Bertz CT molecular complexity index is 723. The summed E-state index contributed by atoms with van der Waals surface area (Å²) >= 11 is 1.82. The Labute approximate surface area is 142 Å². The zero-order chi connectivity index (χ0) is 16.4. The molecule has 0 spiro atoms. The van der Waals surface area contributed by atoms with Gasteiger partial charge in [-0.1, -0.05) is 36.0 Å². The third kappa shape index (κ3) is 3.51. The first-order chi connectivity index (χ1) is 11.1. The van der Waals surface area contributed by atoms with E-state index >= 15 is 0 Å². The van der Waals surface area contributed by atoms with Crippen molar-refractivity contribution in [3.63, 3.8) is 0 Å². The highest BCUT2D eigenvalue weighted by Gasteiger charge is 2.26. The van der Waals surface area contributed by atoms with Gasteiger partial charge in [0.1, 0.15) is 0 Å². The molecule has 1 atom stereocenters. The largest absolute Gasteiger partial charge is 0.309 e. The van der Waals surface area contributed by atoms with Crippen molar-refractivity contribution in [2.24, 2.45) is 0 Å². The summed E-state index contributed by atoms with van der Waals surface area (Å²) in [7, 11) is 4.24. The van der Waals surface area contributed by atoms with Crippen LogP contribution in [-0.4, -0.2) is 31.3 Å². The van der Waals surface area contributed by atoms with Crippen LogP contribution in [0.4, 0.5) is 0 Å². The number of rotatable bonds is 5. The van der Waals surface area contributed by atoms with E-state index in [2.05, 4.69) is 55.4 Å². The van der Waals surface area contributed by atoms with Gasteiger partial charge < -0.3 is 4.90 Å². The van der Waals surface area contributed by atoms with Crippen molar-refractivity contribution in [1.82, 2.24) is 4.90 Å². The Hall–Kier alpha value is -1.58. The van der Waals surface area contributed by atoms with Gasteiger partial charge in [0.15, 0.2) is 5.78 Å². The van der Waals surface area contributed by atoms with Crippen LogP contribution in [0.25, 0.3) is 0 Å². The second-order valence-electron chi connectivity index (χ2n) is 6.45. The first-order valence-electron chi connectivity index (χ1n) is 8.12. The zero-order valence-corrected chi connectivity index (χ0v) is 14.8. The third-order valence-corrected chi connectivity index (χ3v) is 5.59. The van der Waals surface area contributed by atoms with Gasteiger partial charge >= 0.3 is 0 Å². The highest BCUT2D eigenvalue weighted by molar-refractivity contribution is 7.99. The lowest BCUT2D eigenvalue weighted by molar-refractivity contribution is 0.101. The summed E-state index contributed by atoms with van der Waals surface area (Å²) in [6.45, 7) is 2.74. The zero-order valence-electron chi connectivity index (χ0n) is 14.0. The lowest BCUT2D eigenvalue weighted by atomic mass is 9.86. The predicted molar refractivity (Wildman–Crippen MR) is 96.6 cm³/mol. The molecule has 3 rings (SSSR count). The Balaban J connectivity index is 1.98. The molecule has 0 saturated heterocycles. The van der Waals surface area contributed by atoms with E-state index in [9.17, 15) is 4.79 Å². The highest BCUT2D eigenvalue weighted by Crippen LogP contribution is 2.47. The number of carbonyl (C=O) groups excluding carboxylic acids is 1. The van der Waals surface area contributed by atoms with Crippen molar-refractivity contribution in [3.05, 3.63) is 59.2 Å². The van der Waals surface area contributed by atoms with E-state index in [0.29, 0.717) is 5.92 Å². The molecular formula is C20H23NOS. The molecule has 0 bridgehead atoms. The number of benzene rings is 2. The number of Topliss-reactive ketones (excluding diaryl/α,β-unsaturated/α-hetero) is 1. The molecule has 0 aliphatic carbocycles. The predicted octanol–water partition coefficient (Wildman–Crippen LogP) is 4.83. The minimum absolute atomic E-state index is 0.142. The van der Waals surface area contributed by atoms with Gasteiger partial charge in [-0.05, 0) is 69.7 Å². The van der Waals surface area contributed by atoms with E-state index in [1.165, 1.54) is 20.9 Å². The van der Waals surface area contributed by atoms with E-state index in [1.54, 1.807) is 6.92 Å². The van der Waals surface area contributed by atoms with Crippen LogP contribution in [0.1, 0.15) is 47.2 Å². The van der Waals surface area contributed by atoms with Crippen LogP contribution in [0, 0.1) is 0 Å². The minimum atomic E-state index is 0.142. The fourth-order valence-corrected chi connectivity index (χ4v) is 4.37. The van der Waals surface area contributed by atoms with Gasteiger partial charge in [0.05, 0.1) is 0 Å². The van der Waals surface area contributed by atoms with Crippen LogP contribution < -0.4 is 0 Å². The molecule has 0 N–H and O–H groups in total. The molecule has 120 valence electrons. The first-order valence-corrected chi connectivity index (χ1v) is 8.94. The summed E-state index contributed by atoms with van der Waals surface area (Å²) in [6, 6.07) is 14.9. The highest BCUT2D eigenvalue weighted by atomic mass is 32.2. The molecule has 0 aromatic heterocycles. The number of carbonyl (C=O) groups is 1. The van der Waals surface area contributed by atoms with E-state index in [1.807, 2.05) is 17.8 Å². The molecular weight excluding hydrogens is 302 g/mol. The summed E-state index contributed by atoms with van der Waals surface area (Å²) in [5, 5.41) is 0. The maximum atomic E-state index is 11.8. The fourth-order valence-electron chi connectivity index (χ4n) is 3.20. The summed E-state index contributed by atoms with van der Waals surface area (Å²) in [5.41, 5.74) is 3.55. The normalized spacial score (nSPS) is 16.1. The Kier molecular flexibility index (Phi) is 4.88. The average Bonchev–Trinajstić information content (AvgIpc) is 2.53. The number of nitrogens with zero attached hydrogens (tertiary/aromatic N) is 1. The lowest BCUT2D eigenvalue weighted by Crippen LogP contribution is -2.16. The summed E-state index contributed by atoms with van der Waals surface area (Å²) in [5.74, 6) is 0.533. The standard InChI is InChI=1S/C20H23NOS/c1-14(22)15-10-11-20-18(13-15)16(8-6-12-21(2)3)17-7-4-5-9-19(17)23-20/h4-5,7,9-11,13,16H,6,8,12H2,1-3H3. The van der Waals surface area contributed by atoms with Gasteiger partial charge in [-0.25, -0.2) is 0 Å². The summed E-state index contributed by atoms with van der Waals surface area (Å²) in [4.78, 5) is 16.7. The maximum absolute atomic E-state index is 11.8. The Morgan fingerprint density at radius 3 is 2.57 bits per heavy atom. The van der Waals surface area contributed by atoms with E-state index in [4.69, 9.17) is 0 Å². The molecule has 0 saturated carbocycles. The fraction of sp³-hybridized carbons (Fsp3) is 0.350. The van der Waals surface area contributed by atoms with E-state index < -0.39 is 0 Å². The second kappa shape index (κ2) is 6.90. The molecule has 23 heavy (non-hydrogen) atoms. The molecule has 3 heteroatoms. The quantitative estimate of drug-likeness (QED) is 0.735. The summed E-state index contributed by atoms with van der Waals surface area (Å²) < 4.78 is 0. The minimum Gasteiger partial charge on any atom is -0.309 e. The number of hydrogen-bond donors (Lipinski definition) is 0. The SMILES string of the molecule is CC(=O)c1ccc2c(c1)C(CCCN(C)C)c1ccccc1S2. The van der Waals surface area contributed by atoms with Crippen molar-refractivity contribution >= 4 is 17.5 Å². The monoisotopic (exact) mass is 325 g/mol. The molecule has 2 nitrogen and oxygen atoms in total. The van der Waals surface area contributed by atoms with Gasteiger partial charge in [0.2, 0.25) is 0 Å². The molecule has 0 fully saturated rings. The van der Waals surface area contributed by atoms with Gasteiger partial charge in [-0.3, -0.25) is 4.79 Å². The van der Waals surface area contributed by atoms with Gasteiger partial charge in [-0.2, -0.15) is 0 Å². The molecule has 0 amide bonds.